The van der Waals surface area contributed by atoms with Crippen molar-refractivity contribution in [2.45, 2.75) is 19.4 Å². The molecule has 1 heterocycles. The van der Waals surface area contributed by atoms with E-state index in [4.69, 9.17) is 10.8 Å². The van der Waals surface area contributed by atoms with Crippen molar-refractivity contribution in [3.05, 3.63) is 29.8 Å². The molecular weight excluding hydrogens is 200 g/mol. The number of nitrogens with two attached hydrogens (primary N) is 1. The lowest BCUT2D eigenvalue weighted by molar-refractivity contribution is 0.263. The van der Waals surface area contributed by atoms with Crippen molar-refractivity contribution < 1.29 is 5.11 Å². The summed E-state index contributed by atoms with van der Waals surface area (Å²) < 4.78 is 0. The van der Waals surface area contributed by atoms with Crippen LogP contribution in [0.1, 0.15) is 18.4 Å². The Hall–Kier alpha value is -1.06. The molecule has 1 atom stereocenters. The largest absolute Gasteiger partial charge is 0.396 e. The maximum Gasteiger partial charge on any atom is 0.0434 e. The molecule has 0 radical (unpaired) electrons. The topological polar surface area (TPSA) is 49.5 Å². The Morgan fingerprint density at radius 1 is 1.44 bits per heavy atom. The van der Waals surface area contributed by atoms with Crippen LogP contribution in [0.4, 0.5) is 5.69 Å². The third-order valence-corrected chi connectivity index (χ3v) is 3.33. The van der Waals surface area contributed by atoms with Gasteiger partial charge in [-0.05, 0) is 36.5 Å². The minimum Gasteiger partial charge on any atom is -0.396 e. The smallest absolute Gasteiger partial charge is 0.0434 e. The second-order valence-corrected chi connectivity index (χ2v) is 4.49. The summed E-state index contributed by atoms with van der Waals surface area (Å²) in [6, 6.07) is 8.43. The maximum atomic E-state index is 8.93. The lowest BCUT2D eigenvalue weighted by atomic mass is 10.1. The van der Waals surface area contributed by atoms with Crippen LogP contribution in [-0.4, -0.2) is 24.8 Å². The molecule has 3 N–H and O–H groups in total. The summed E-state index contributed by atoms with van der Waals surface area (Å²) in [5.41, 5.74) is 8.09. The molecule has 0 bridgehead atoms. The summed E-state index contributed by atoms with van der Waals surface area (Å²) in [6.45, 7) is 3.07. The Bertz CT molecular complexity index is 340. The SMILES string of the molecule is NCc1cccc(N2CCC(CCO)C2)c1. The first-order valence-electron chi connectivity index (χ1n) is 5.98. The van der Waals surface area contributed by atoms with E-state index in [2.05, 4.69) is 29.2 Å². The van der Waals surface area contributed by atoms with Crippen molar-refractivity contribution >= 4 is 5.69 Å². The second-order valence-electron chi connectivity index (χ2n) is 4.49. The average Bonchev–Trinajstić information content (AvgIpc) is 2.78. The normalized spacial score (nSPS) is 20.4. The molecular formula is C13H20N2O. The van der Waals surface area contributed by atoms with E-state index in [9.17, 15) is 0 Å². The number of rotatable bonds is 4. The molecule has 2 rings (SSSR count). The van der Waals surface area contributed by atoms with Crippen molar-refractivity contribution in [3.8, 4) is 0 Å². The molecule has 0 amide bonds. The van der Waals surface area contributed by atoms with Crippen LogP contribution in [0.2, 0.25) is 0 Å². The summed E-state index contributed by atoms with van der Waals surface area (Å²) in [5, 5.41) is 8.93. The van der Waals surface area contributed by atoms with E-state index in [0.29, 0.717) is 19.1 Å². The molecule has 0 aromatic heterocycles. The summed E-state index contributed by atoms with van der Waals surface area (Å²) in [7, 11) is 0. The number of aliphatic hydroxyl groups is 1. The highest BCUT2D eigenvalue weighted by atomic mass is 16.3. The quantitative estimate of drug-likeness (QED) is 0.805. The van der Waals surface area contributed by atoms with E-state index in [1.807, 2.05) is 0 Å². The van der Waals surface area contributed by atoms with Crippen LogP contribution >= 0.6 is 0 Å². The zero-order chi connectivity index (χ0) is 11.4. The fraction of sp³-hybridized carbons (Fsp3) is 0.538. The summed E-state index contributed by atoms with van der Waals surface area (Å²) in [5.74, 6) is 0.645. The predicted molar refractivity (Wildman–Crippen MR) is 66.4 cm³/mol. The van der Waals surface area contributed by atoms with Gasteiger partial charge in [0.1, 0.15) is 0 Å². The molecule has 1 aromatic carbocycles. The Morgan fingerprint density at radius 3 is 3.06 bits per heavy atom. The van der Waals surface area contributed by atoms with Gasteiger partial charge in [0.2, 0.25) is 0 Å². The molecule has 0 aliphatic carbocycles. The first kappa shape index (κ1) is 11.4. The van der Waals surface area contributed by atoms with Gasteiger partial charge in [-0.15, -0.1) is 0 Å². The van der Waals surface area contributed by atoms with Gasteiger partial charge in [0.25, 0.3) is 0 Å². The van der Waals surface area contributed by atoms with Crippen LogP contribution in [0, 0.1) is 5.92 Å². The fourth-order valence-electron chi connectivity index (χ4n) is 2.37. The Labute approximate surface area is 96.9 Å². The summed E-state index contributed by atoms with van der Waals surface area (Å²) >= 11 is 0. The maximum absolute atomic E-state index is 8.93. The van der Waals surface area contributed by atoms with Gasteiger partial charge in [-0.3, -0.25) is 0 Å². The molecule has 88 valence electrons. The molecule has 3 heteroatoms. The highest BCUT2D eigenvalue weighted by Crippen LogP contribution is 2.25. The van der Waals surface area contributed by atoms with Crippen molar-refractivity contribution in [2.75, 3.05) is 24.6 Å². The fourth-order valence-corrected chi connectivity index (χ4v) is 2.37. The second kappa shape index (κ2) is 5.32. The van der Waals surface area contributed by atoms with Crippen molar-refractivity contribution in [2.24, 2.45) is 11.7 Å². The number of nitrogens with zero attached hydrogens (tertiary/aromatic N) is 1. The van der Waals surface area contributed by atoms with E-state index < -0.39 is 0 Å². The van der Waals surface area contributed by atoms with E-state index >= 15 is 0 Å². The standard InChI is InChI=1S/C13H20N2O/c14-9-12-2-1-3-13(8-12)15-6-4-11(10-15)5-7-16/h1-3,8,11,16H,4-7,9-10,14H2. The molecule has 3 nitrogen and oxygen atoms in total. The molecule has 1 unspecified atom stereocenters. The molecule has 0 saturated carbocycles. The van der Waals surface area contributed by atoms with E-state index in [-0.39, 0.29) is 0 Å². The molecule has 1 aliphatic rings. The molecule has 16 heavy (non-hydrogen) atoms. The van der Waals surface area contributed by atoms with Gasteiger partial charge in [-0.1, -0.05) is 12.1 Å². The van der Waals surface area contributed by atoms with Gasteiger partial charge >= 0.3 is 0 Å². The molecule has 0 spiro atoms. The van der Waals surface area contributed by atoms with Crippen LogP contribution in [0.25, 0.3) is 0 Å². The van der Waals surface area contributed by atoms with Crippen LogP contribution in [0.3, 0.4) is 0 Å². The number of aliphatic hydroxyl groups excluding tert-OH is 1. The molecule has 1 aliphatic heterocycles. The minimum atomic E-state index is 0.307. The number of anilines is 1. The van der Waals surface area contributed by atoms with E-state index in [0.717, 1.165) is 19.5 Å². The Morgan fingerprint density at radius 2 is 2.31 bits per heavy atom. The summed E-state index contributed by atoms with van der Waals surface area (Å²) in [6.07, 6.45) is 2.11. The van der Waals surface area contributed by atoms with Gasteiger partial charge in [-0.2, -0.15) is 0 Å². The zero-order valence-electron chi connectivity index (χ0n) is 9.60. The minimum absolute atomic E-state index is 0.307. The molecule has 1 saturated heterocycles. The zero-order valence-corrected chi connectivity index (χ0v) is 9.60. The van der Waals surface area contributed by atoms with Crippen LogP contribution < -0.4 is 10.6 Å². The average molecular weight is 220 g/mol. The van der Waals surface area contributed by atoms with Gasteiger partial charge in [0.15, 0.2) is 0 Å². The summed E-state index contributed by atoms with van der Waals surface area (Å²) in [4.78, 5) is 2.39. The third-order valence-electron chi connectivity index (χ3n) is 3.33. The van der Waals surface area contributed by atoms with Gasteiger partial charge in [-0.25, -0.2) is 0 Å². The van der Waals surface area contributed by atoms with Crippen LogP contribution in [-0.2, 0) is 6.54 Å². The number of benzene rings is 1. The van der Waals surface area contributed by atoms with Crippen LogP contribution in [0.15, 0.2) is 24.3 Å². The lowest BCUT2D eigenvalue weighted by Crippen LogP contribution is -2.20. The Balaban J connectivity index is 2.02. The van der Waals surface area contributed by atoms with Crippen molar-refractivity contribution in [1.29, 1.82) is 0 Å². The predicted octanol–water partition coefficient (Wildman–Crippen LogP) is 1.35. The highest BCUT2D eigenvalue weighted by molar-refractivity contribution is 5.49. The highest BCUT2D eigenvalue weighted by Gasteiger charge is 2.21. The number of hydrogen-bond acceptors (Lipinski definition) is 3. The first-order chi connectivity index (χ1) is 7.83. The molecule has 1 fully saturated rings. The van der Waals surface area contributed by atoms with E-state index in [1.54, 1.807) is 0 Å². The van der Waals surface area contributed by atoms with Crippen molar-refractivity contribution in [3.63, 3.8) is 0 Å². The Kier molecular flexibility index (Phi) is 3.80. The molecule has 1 aromatic rings. The van der Waals surface area contributed by atoms with E-state index in [1.165, 1.54) is 17.7 Å². The third kappa shape index (κ3) is 2.54. The number of hydrogen-bond donors (Lipinski definition) is 2. The van der Waals surface area contributed by atoms with Crippen LogP contribution in [0.5, 0.6) is 0 Å². The lowest BCUT2D eigenvalue weighted by Gasteiger charge is -2.19. The van der Waals surface area contributed by atoms with Crippen molar-refractivity contribution in [1.82, 2.24) is 0 Å². The first-order valence-corrected chi connectivity index (χ1v) is 5.98. The monoisotopic (exact) mass is 220 g/mol. The van der Waals surface area contributed by atoms with Gasteiger partial charge in [0, 0.05) is 31.9 Å². The van der Waals surface area contributed by atoms with Gasteiger partial charge < -0.3 is 15.7 Å². The van der Waals surface area contributed by atoms with Gasteiger partial charge in [0.05, 0.1) is 0 Å².